The maximum Gasteiger partial charge on any atom is 0.228 e. The standard InChI is InChI=1S/C14H12ClN3O/c1-9-5-6-10(12(8-9)19-2)13-11-4-3-7-18(11)14(15)17-16-13/h3-8H,1-2H3. The van der Waals surface area contributed by atoms with Gasteiger partial charge >= 0.3 is 0 Å². The molecule has 0 aliphatic heterocycles. The minimum atomic E-state index is 0.342. The average Bonchev–Trinajstić information content (AvgIpc) is 2.90. The van der Waals surface area contributed by atoms with Crippen LogP contribution in [0.4, 0.5) is 0 Å². The summed E-state index contributed by atoms with van der Waals surface area (Å²) in [6.45, 7) is 2.02. The fraction of sp³-hybridized carbons (Fsp3) is 0.143. The van der Waals surface area contributed by atoms with Crippen LogP contribution in [0.3, 0.4) is 0 Å². The van der Waals surface area contributed by atoms with Crippen LogP contribution in [0.25, 0.3) is 16.8 Å². The number of fused-ring (bicyclic) bond motifs is 1. The number of aromatic nitrogens is 3. The molecule has 3 rings (SSSR count). The van der Waals surface area contributed by atoms with Crippen LogP contribution in [-0.2, 0) is 0 Å². The van der Waals surface area contributed by atoms with E-state index in [4.69, 9.17) is 16.3 Å². The van der Waals surface area contributed by atoms with Crippen molar-refractivity contribution >= 4 is 17.1 Å². The third-order valence-electron chi connectivity index (χ3n) is 3.03. The van der Waals surface area contributed by atoms with Crippen molar-refractivity contribution in [2.75, 3.05) is 7.11 Å². The Morgan fingerprint density at radius 3 is 2.84 bits per heavy atom. The van der Waals surface area contributed by atoms with Gasteiger partial charge in [-0.2, -0.15) is 0 Å². The molecule has 96 valence electrons. The Morgan fingerprint density at radius 2 is 2.05 bits per heavy atom. The molecule has 0 radical (unpaired) electrons. The molecule has 19 heavy (non-hydrogen) atoms. The highest BCUT2D eigenvalue weighted by atomic mass is 35.5. The van der Waals surface area contributed by atoms with Gasteiger partial charge in [-0.25, -0.2) is 0 Å². The van der Waals surface area contributed by atoms with E-state index in [9.17, 15) is 0 Å². The van der Waals surface area contributed by atoms with Crippen LogP contribution in [0, 0.1) is 6.92 Å². The summed E-state index contributed by atoms with van der Waals surface area (Å²) in [4.78, 5) is 0. The molecule has 0 unspecified atom stereocenters. The highest BCUT2D eigenvalue weighted by Gasteiger charge is 2.13. The molecule has 0 saturated heterocycles. The fourth-order valence-electron chi connectivity index (χ4n) is 2.11. The molecule has 0 bridgehead atoms. The number of hydrogen-bond acceptors (Lipinski definition) is 3. The van der Waals surface area contributed by atoms with Gasteiger partial charge in [-0.05, 0) is 48.4 Å². The van der Waals surface area contributed by atoms with Crippen molar-refractivity contribution in [3.63, 3.8) is 0 Å². The van der Waals surface area contributed by atoms with Gasteiger partial charge in [0.25, 0.3) is 0 Å². The quantitative estimate of drug-likeness (QED) is 0.719. The van der Waals surface area contributed by atoms with Gasteiger partial charge in [0.1, 0.15) is 11.4 Å². The van der Waals surface area contributed by atoms with Crippen molar-refractivity contribution in [3.8, 4) is 17.0 Å². The lowest BCUT2D eigenvalue weighted by Crippen LogP contribution is -1.98. The van der Waals surface area contributed by atoms with Crippen LogP contribution in [0.15, 0.2) is 36.5 Å². The molecule has 0 N–H and O–H groups in total. The van der Waals surface area contributed by atoms with Gasteiger partial charge in [0, 0.05) is 11.8 Å². The van der Waals surface area contributed by atoms with E-state index in [1.54, 1.807) is 11.5 Å². The van der Waals surface area contributed by atoms with E-state index in [0.717, 1.165) is 28.1 Å². The molecule has 0 saturated carbocycles. The summed E-state index contributed by atoms with van der Waals surface area (Å²) in [5, 5.41) is 8.52. The van der Waals surface area contributed by atoms with Gasteiger partial charge in [0.05, 0.1) is 12.6 Å². The predicted molar refractivity (Wildman–Crippen MR) is 74.7 cm³/mol. The van der Waals surface area contributed by atoms with Crippen LogP contribution >= 0.6 is 11.6 Å². The Kier molecular flexibility index (Phi) is 2.87. The second kappa shape index (κ2) is 4.55. The second-order valence-corrected chi connectivity index (χ2v) is 4.62. The minimum absolute atomic E-state index is 0.342. The first-order valence-corrected chi connectivity index (χ1v) is 6.23. The smallest absolute Gasteiger partial charge is 0.228 e. The van der Waals surface area contributed by atoms with Gasteiger partial charge in [-0.15, -0.1) is 10.2 Å². The normalized spacial score (nSPS) is 10.9. The van der Waals surface area contributed by atoms with E-state index in [1.807, 2.05) is 43.5 Å². The summed E-state index contributed by atoms with van der Waals surface area (Å²) in [5.74, 6) is 0.778. The van der Waals surface area contributed by atoms with Crippen molar-refractivity contribution in [2.45, 2.75) is 6.92 Å². The van der Waals surface area contributed by atoms with Crippen LogP contribution in [0.2, 0.25) is 5.28 Å². The van der Waals surface area contributed by atoms with Crippen LogP contribution in [0.1, 0.15) is 5.56 Å². The number of hydrogen-bond donors (Lipinski definition) is 0. The van der Waals surface area contributed by atoms with Crippen molar-refractivity contribution in [1.82, 2.24) is 14.6 Å². The summed E-state index contributed by atoms with van der Waals surface area (Å²) in [5.41, 5.74) is 3.70. The lowest BCUT2D eigenvalue weighted by Gasteiger charge is -2.10. The van der Waals surface area contributed by atoms with Crippen LogP contribution in [-0.4, -0.2) is 21.7 Å². The molecule has 3 aromatic rings. The number of halogens is 1. The molecule has 2 heterocycles. The summed E-state index contributed by atoms with van der Waals surface area (Å²) < 4.78 is 7.22. The lowest BCUT2D eigenvalue weighted by molar-refractivity contribution is 0.416. The van der Waals surface area contributed by atoms with E-state index < -0.39 is 0 Å². The van der Waals surface area contributed by atoms with E-state index >= 15 is 0 Å². The van der Waals surface area contributed by atoms with Gasteiger partial charge in [-0.1, -0.05) is 6.07 Å². The van der Waals surface area contributed by atoms with Gasteiger partial charge in [-0.3, -0.25) is 4.40 Å². The van der Waals surface area contributed by atoms with Gasteiger partial charge in [0.15, 0.2) is 0 Å². The summed E-state index contributed by atoms with van der Waals surface area (Å²) >= 11 is 6.01. The highest BCUT2D eigenvalue weighted by molar-refractivity contribution is 6.28. The number of ether oxygens (including phenoxy) is 1. The molecule has 1 aromatic carbocycles. The molecule has 4 nitrogen and oxygen atoms in total. The Morgan fingerprint density at radius 1 is 1.21 bits per heavy atom. The Bertz CT molecular complexity index is 752. The zero-order chi connectivity index (χ0) is 13.4. The zero-order valence-electron chi connectivity index (χ0n) is 10.6. The fourth-order valence-corrected chi connectivity index (χ4v) is 2.30. The van der Waals surface area contributed by atoms with Crippen molar-refractivity contribution in [3.05, 3.63) is 47.4 Å². The van der Waals surface area contributed by atoms with Gasteiger partial charge in [0.2, 0.25) is 5.28 Å². The monoisotopic (exact) mass is 273 g/mol. The third-order valence-corrected chi connectivity index (χ3v) is 3.29. The number of nitrogens with zero attached hydrogens (tertiary/aromatic N) is 3. The highest BCUT2D eigenvalue weighted by Crippen LogP contribution is 2.32. The Hall–Kier alpha value is -2.07. The van der Waals surface area contributed by atoms with Gasteiger partial charge < -0.3 is 4.74 Å². The molecular weight excluding hydrogens is 262 g/mol. The largest absolute Gasteiger partial charge is 0.496 e. The molecule has 0 fully saturated rings. The number of methoxy groups -OCH3 is 1. The van der Waals surface area contributed by atoms with Crippen molar-refractivity contribution in [2.24, 2.45) is 0 Å². The minimum Gasteiger partial charge on any atom is -0.496 e. The molecule has 0 atom stereocenters. The van der Waals surface area contributed by atoms with E-state index in [2.05, 4.69) is 10.2 Å². The maximum atomic E-state index is 6.01. The molecule has 0 aliphatic rings. The zero-order valence-corrected chi connectivity index (χ0v) is 11.3. The van der Waals surface area contributed by atoms with Crippen molar-refractivity contribution < 1.29 is 4.74 Å². The average molecular weight is 274 g/mol. The first kappa shape index (κ1) is 12.0. The molecule has 0 aliphatic carbocycles. The molecule has 0 spiro atoms. The van der Waals surface area contributed by atoms with E-state index in [1.165, 1.54) is 0 Å². The molecular formula is C14H12ClN3O. The van der Waals surface area contributed by atoms with Crippen LogP contribution < -0.4 is 4.74 Å². The summed E-state index contributed by atoms with van der Waals surface area (Å²) in [6.07, 6.45) is 1.86. The molecule has 0 amide bonds. The Balaban J connectivity index is 2.30. The molecule has 5 heteroatoms. The predicted octanol–water partition coefficient (Wildman–Crippen LogP) is 3.37. The van der Waals surface area contributed by atoms with E-state index in [-0.39, 0.29) is 0 Å². The summed E-state index contributed by atoms with van der Waals surface area (Å²) in [7, 11) is 1.65. The van der Waals surface area contributed by atoms with E-state index in [0.29, 0.717) is 5.28 Å². The number of benzene rings is 1. The van der Waals surface area contributed by atoms with Crippen molar-refractivity contribution in [1.29, 1.82) is 0 Å². The number of rotatable bonds is 2. The topological polar surface area (TPSA) is 39.4 Å². The Labute approximate surface area is 115 Å². The maximum absolute atomic E-state index is 6.01. The lowest BCUT2D eigenvalue weighted by atomic mass is 10.1. The summed E-state index contributed by atoms with van der Waals surface area (Å²) in [6, 6.07) is 9.85. The SMILES string of the molecule is COc1cc(C)ccc1-c1nnc(Cl)n2cccc12. The first-order valence-electron chi connectivity index (χ1n) is 5.85. The third kappa shape index (κ3) is 1.94. The first-order chi connectivity index (χ1) is 9.20. The second-order valence-electron chi connectivity index (χ2n) is 4.28. The molecule has 2 aromatic heterocycles. The number of aryl methyl sites for hydroxylation is 1. The van der Waals surface area contributed by atoms with Crippen LogP contribution in [0.5, 0.6) is 5.75 Å².